The first-order valence-corrected chi connectivity index (χ1v) is 5.06. The van der Waals surface area contributed by atoms with Crippen LogP contribution >= 0.6 is 34.8 Å². The lowest BCUT2D eigenvalue weighted by molar-refractivity contribution is -0.132. The maximum atomic E-state index is 10.7. The minimum atomic E-state index is -0.454. The Hall–Kier alpha value is 0.510. The van der Waals surface area contributed by atoms with Crippen LogP contribution in [0.3, 0.4) is 0 Å². The van der Waals surface area contributed by atoms with Gasteiger partial charge in [-0.05, 0) is 18.4 Å². The lowest BCUT2D eigenvalue weighted by Crippen LogP contribution is -2.30. The molecule has 0 aromatic carbocycles. The molecule has 0 aliphatic carbocycles. The van der Waals surface area contributed by atoms with Crippen LogP contribution in [-0.2, 0) is 7.86 Å². The molecule has 0 aromatic rings. The minimum Gasteiger partial charge on any atom is -0.393 e. The average Bonchev–Trinajstić information content (AvgIpc) is 1.98. The highest BCUT2D eigenvalue weighted by atomic mass is 127. The van der Waals surface area contributed by atoms with E-state index in [0.717, 1.165) is 5.75 Å². The molecule has 1 unspecified atom stereocenters. The predicted octanol–water partition coefficient (Wildman–Crippen LogP) is 0.960. The monoisotopic (exact) mass is 275 g/mol. The highest BCUT2D eigenvalue weighted by Crippen LogP contribution is 2.01. The third-order valence-electron chi connectivity index (χ3n) is 1.01. The molecule has 1 atom stereocenters. The van der Waals surface area contributed by atoms with E-state index in [-0.39, 0.29) is 5.97 Å². The predicted molar refractivity (Wildman–Crippen MR) is 51.1 cm³/mol. The number of halogens is 1. The molecule has 0 radical (unpaired) electrons. The number of nitrogens with two attached hydrogens (primary N) is 1. The molecule has 0 amide bonds. The molecule has 60 valence electrons. The van der Waals surface area contributed by atoms with E-state index in [4.69, 9.17) is 5.73 Å². The Bertz CT molecular complexity index is 112. The van der Waals surface area contributed by atoms with Gasteiger partial charge >= 0.3 is 5.97 Å². The first-order chi connectivity index (χ1) is 4.72. The molecule has 0 aliphatic heterocycles. The van der Waals surface area contributed by atoms with Gasteiger partial charge in [0.15, 0.2) is 23.0 Å². The molecule has 0 spiro atoms. The van der Waals surface area contributed by atoms with Crippen molar-refractivity contribution in [2.75, 3.05) is 12.0 Å². The Balaban J connectivity index is 3.41. The highest BCUT2D eigenvalue weighted by Gasteiger charge is 2.12. The zero-order valence-corrected chi connectivity index (χ0v) is 8.65. The summed E-state index contributed by atoms with van der Waals surface area (Å²) >= 11 is 3.21. The smallest absolute Gasteiger partial charge is 0.332 e. The largest absolute Gasteiger partial charge is 0.393 e. The van der Waals surface area contributed by atoms with Crippen molar-refractivity contribution < 1.29 is 7.86 Å². The van der Waals surface area contributed by atoms with Crippen LogP contribution in [0.2, 0.25) is 0 Å². The molecule has 0 saturated carbocycles. The molecule has 5 heteroatoms. The van der Waals surface area contributed by atoms with Gasteiger partial charge in [0.25, 0.3) is 0 Å². The van der Waals surface area contributed by atoms with E-state index < -0.39 is 6.04 Å². The topological polar surface area (TPSA) is 52.3 Å². The molecule has 3 nitrogen and oxygen atoms in total. The van der Waals surface area contributed by atoms with E-state index in [0.29, 0.717) is 6.42 Å². The van der Waals surface area contributed by atoms with Gasteiger partial charge in [-0.25, -0.2) is 4.79 Å². The molecular weight excluding hydrogens is 265 g/mol. The van der Waals surface area contributed by atoms with Crippen molar-refractivity contribution in [3.63, 3.8) is 0 Å². The molecule has 2 N–H and O–H groups in total. The SMILES string of the molecule is CSCCC(N)C(=O)OI. The molecule has 0 aromatic heterocycles. The number of carbonyl (C=O) groups is 1. The molecule has 0 bridgehead atoms. The van der Waals surface area contributed by atoms with Crippen molar-refractivity contribution in [3.8, 4) is 0 Å². The van der Waals surface area contributed by atoms with Gasteiger partial charge in [-0.1, -0.05) is 0 Å². The maximum absolute atomic E-state index is 10.7. The Morgan fingerprint density at radius 2 is 2.50 bits per heavy atom. The van der Waals surface area contributed by atoms with Gasteiger partial charge < -0.3 is 8.80 Å². The van der Waals surface area contributed by atoms with Gasteiger partial charge in [-0.3, -0.25) is 0 Å². The van der Waals surface area contributed by atoms with Crippen LogP contribution in [0.5, 0.6) is 0 Å². The molecule has 0 saturated heterocycles. The van der Waals surface area contributed by atoms with Crippen LogP contribution in [0.15, 0.2) is 0 Å². The van der Waals surface area contributed by atoms with Crippen LogP contribution in [-0.4, -0.2) is 24.0 Å². The van der Waals surface area contributed by atoms with E-state index >= 15 is 0 Å². The fourth-order valence-electron chi connectivity index (χ4n) is 0.420. The summed E-state index contributed by atoms with van der Waals surface area (Å²) in [5, 5.41) is 0. The van der Waals surface area contributed by atoms with Gasteiger partial charge in [-0.2, -0.15) is 11.8 Å². The number of rotatable bonds is 4. The van der Waals surface area contributed by atoms with E-state index in [9.17, 15) is 4.79 Å². The number of hydrogen-bond acceptors (Lipinski definition) is 4. The third-order valence-corrected chi connectivity index (χ3v) is 2.09. The highest BCUT2D eigenvalue weighted by molar-refractivity contribution is 14.1. The third kappa shape index (κ3) is 4.35. The normalized spacial score (nSPS) is 12.7. The first-order valence-electron chi connectivity index (χ1n) is 2.79. The lowest BCUT2D eigenvalue weighted by atomic mass is 10.2. The number of hydrogen-bond donors (Lipinski definition) is 1. The van der Waals surface area contributed by atoms with Crippen molar-refractivity contribution in [1.82, 2.24) is 0 Å². The van der Waals surface area contributed by atoms with Crippen molar-refractivity contribution in [3.05, 3.63) is 0 Å². The zero-order chi connectivity index (χ0) is 7.98. The summed E-state index contributed by atoms with van der Waals surface area (Å²) < 4.78 is 4.41. The minimum absolute atomic E-state index is 0.338. The summed E-state index contributed by atoms with van der Waals surface area (Å²) in [6.45, 7) is 0. The van der Waals surface area contributed by atoms with Crippen molar-refractivity contribution in [2.45, 2.75) is 12.5 Å². The van der Waals surface area contributed by atoms with Crippen molar-refractivity contribution >= 4 is 40.7 Å². The standard InChI is InChI=1S/C5H10INO2S/c1-10-3-2-4(7)5(8)9-6/h4H,2-3,7H2,1H3. The summed E-state index contributed by atoms with van der Waals surface area (Å²) in [6.07, 6.45) is 2.66. The second kappa shape index (κ2) is 6.23. The van der Waals surface area contributed by atoms with E-state index in [1.54, 1.807) is 34.8 Å². The Labute approximate surface area is 78.8 Å². The fraction of sp³-hybridized carbons (Fsp3) is 0.800. The molecule has 0 aliphatic rings. The molecule has 0 heterocycles. The van der Waals surface area contributed by atoms with E-state index in [2.05, 4.69) is 3.07 Å². The molecule has 0 rings (SSSR count). The quantitative estimate of drug-likeness (QED) is 0.776. The zero-order valence-electron chi connectivity index (χ0n) is 5.67. The average molecular weight is 275 g/mol. The summed E-state index contributed by atoms with van der Waals surface area (Å²) in [5.74, 6) is 0.557. The first kappa shape index (κ1) is 10.5. The summed E-state index contributed by atoms with van der Waals surface area (Å²) in [6, 6.07) is -0.454. The van der Waals surface area contributed by atoms with Crippen LogP contribution in [0, 0.1) is 0 Å². The van der Waals surface area contributed by atoms with Gasteiger partial charge in [0.1, 0.15) is 6.04 Å². The van der Waals surface area contributed by atoms with E-state index in [1.165, 1.54) is 0 Å². The summed E-state index contributed by atoms with van der Waals surface area (Å²) in [7, 11) is 0. The second-order valence-electron chi connectivity index (χ2n) is 1.78. The van der Waals surface area contributed by atoms with Gasteiger partial charge in [0.05, 0.1) is 0 Å². The fourth-order valence-corrected chi connectivity index (χ4v) is 1.24. The van der Waals surface area contributed by atoms with Gasteiger partial charge in [-0.15, -0.1) is 0 Å². The van der Waals surface area contributed by atoms with Crippen molar-refractivity contribution in [1.29, 1.82) is 0 Å². The van der Waals surface area contributed by atoms with Crippen LogP contribution in [0.4, 0.5) is 0 Å². The van der Waals surface area contributed by atoms with Gasteiger partial charge in [0, 0.05) is 0 Å². The summed E-state index contributed by atoms with van der Waals surface area (Å²) in [4.78, 5) is 10.7. The molecular formula is C5H10INO2S. The maximum Gasteiger partial charge on any atom is 0.332 e. The second-order valence-corrected chi connectivity index (χ2v) is 3.21. The van der Waals surface area contributed by atoms with E-state index in [1.807, 2.05) is 6.26 Å². The molecule has 10 heavy (non-hydrogen) atoms. The summed E-state index contributed by atoms with van der Waals surface area (Å²) in [5.41, 5.74) is 5.42. The number of thioether (sulfide) groups is 1. The Morgan fingerprint density at radius 3 is 2.90 bits per heavy atom. The molecule has 0 fully saturated rings. The van der Waals surface area contributed by atoms with Crippen LogP contribution in [0.25, 0.3) is 0 Å². The Kier molecular flexibility index (Phi) is 6.55. The van der Waals surface area contributed by atoms with Gasteiger partial charge in [0.2, 0.25) is 0 Å². The van der Waals surface area contributed by atoms with Crippen LogP contribution in [0.1, 0.15) is 6.42 Å². The Morgan fingerprint density at radius 1 is 1.90 bits per heavy atom. The lowest BCUT2D eigenvalue weighted by Gasteiger charge is -2.05. The van der Waals surface area contributed by atoms with Crippen molar-refractivity contribution in [2.24, 2.45) is 5.73 Å². The van der Waals surface area contributed by atoms with Crippen LogP contribution < -0.4 is 5.73 Å². The number of carbonyl (C=O) groups excluding carboxylic acids is 1.